The van der Waals surface area contributed by atoms with Crippen LogP contribution < -0.4 is 14.8 Å². The number of carbonyl (C=O) groups is 1. The fourth-order valence-electron chi connectivity index (χ4n) is 2.36. The van der Waals surface area contributed by atoms with E-state index >= 15 is 0 Å². The van der Waals surface area contributed by atoms with Crippen molar-refractivity contribution in [3.8, 4) is 11.5 Å². The number of para-hydroxylation sites is 2. The first-order chi connectivity index (χ1) is 11.7. The van der Waals surface area contributed by atoms with Crippen LogP contribution in [0.5, 0.6) is 11.5 Å². The highest BCUT2D eigenvalue weighted by Crippen LogP contribution is 2.18. The molecule has 0 heterocycles. The third-order valence-corrected chi connectivity index (χ3v) is 3.81. The largest absolute Gasteiger partial charge is 0.490 e. The first-order valence-corrected chi connectivity index (χ1v) is 8.45. The van der Waals surface area contributed by atoms with E-state index in [0.717, 1.165) is 18.6 Å². The van der Waals surface area contributed by atoms with E-state index in [9.17, 15) is 4.79 Å². The van der Waals surface area contributed by atoms with E-state index in [4.69, 9.17) is 9.47 Å². The number of carbonyl (C=O) groups excluding carboxylic acids is 1. The van der Waals surface area contributed by atoms with Gasteiger partial charge in [0, 0.05) is 6.04 Å². The Morgan fingerprint density at radius 3 is 2.25 bits per heavy atom. The van der Waals surface area contributed by atoms with Gasteiger partial charge in [0.25, 0.3) is 5.91 Å². The summed E-state index contributed by atoms with van der Waals surface area (Å²) in [5.41, 5.74) is 0.559. The first kappa shape index (κ1) is 17.9. The second-order valence-electron chi connectivity index (χ2n) is 5.49. The smallest absolute Gasteiger partial charge is 0.255 e. The lowest BCUT2D eigenvalue weighted by Gasteiger charge is -2.16. The molecule has 0 bridgehead atoms. The van der Waals surface area contributed by atoms with Crippen molar-refractivity contribution in [1.29, 1.82) is 0 Å². The summed E-state index contributed by atoms with van der Waals surface area (Å²) >= 11 is 0. The molecule has 128 valence electrons. The predicted octanol–water partition coefficient (Wildman–Crippen LogP) is 4.06. The molecule has 0 radical (unpaired) electrons. The maximum absolute atomic E-state index is 12.4. The fraction of sp³-hybridized carbons (Fsp3) is 0.350. The van der Waals surface area contributed by atoms with Crippen molar-refractivity contribution in [1.82, 2.24) is 5.32 Å². The normalized spacial score (nSPS) is 10.5. The van der Waals surface area contributed by atoms with Gasteiger partial charge in [-0.25, -0.2) is 0 Å². The number of hydrogen-bond donors (Lipinski definition) is 1. The zero-order chi connectivity index (χ0) is 17.2. The highest BCUT2D eigenvalue weighted by atomic mass is 16.5. The summed E-state index contributed by atoms with van der Waals surface area (Å²) in [5, 5.41) is 3.04. The number of rotatable bonds is 9. The number of benzene rings is 2. The van der Waals surface area contributed by atoms with Gasteiger partial charge in [0.15, 0.2) is 0 Å². The topological polar surface area (TPSA) is 47.6 Å². The molecule has 2 aromatic carbocycles. The Morgan fingerprint density at radius 1 is 0.917 bits per heavy atom. The summed E-state index contributed by atoms with van der Waals surface area (Å²) in [6.07, 6.45) is 1.83. The van der Waals surface area contributed by atoms with Crippen molar-refractivity contribution < 1.29 is 14.3 Å². The lowest BCUT2D eigenvalue weighted by molar-refractivity contribution is 0.0929. The number of nitrogens with one attached hydrogen (secondary N) is 1. The summed E-state index contributed by atoms with van der Waals surface area (Å²) < 4.78 is 11.3. The van der Waals surface area contributed by atoms with E-state index in [-0.39, 0.29) is 11.9 Å². The maximum Gasteiger partial charge on any atom is 0.255 e. The van der Waals surface area contributed by atoms with E-state index in [2.05, 4.69) is 19.2 Å². The summed E-state index contributed by atoms with van der Waals surface area (Å²) in [4.78, 5) is 12.4. The molecule has 4 heteroatoms. The Labute approximate surface area is 143 Å². The van der Waals surface area contributed by atoms with Crippen LogP contribution in [0.15, 0.2) is 54.6 Å². The van der Waals surface area contributed by atoms with Gasteiger partial charge in [-0.2, -0.15) is 0 Å². The molecule has 0 aromatic heterocycles. The quantitative estimate of drug-likeness (QED) is 0.707. The Bertz CT molecular complexity index is 624. The molecule has 0 fully saturated rings. The van der Waals surface area contributed by atoms with E-state index in [1.807, 2.05) is 48.5 Å². The Morgan fingerprint density at radius 2 is 1.54 bits per heavy atom. The van der Waals surface area contributed by atoms with Gasteiger partial charge in [0.05, 0.1) is 5.56 Å². The lowest BCUT2D eigenvalue weighted by Crippen LogP contribution is -2.34. The molecule has 1 amide bonds. The zero-order valence-corrected chi connectivity index (χ0v) is 14.3. The van der Waals surface area contributed by atoms with E-state index < -0.39 is 0 Å². The van der Waals surface area contributed by atoms with Gasteiger partial charge >= 0.3 is 0 Å². The summed E-state index contributed by atoms with van der Waals surface area (Å²) in [7, 11) is 0. The van der Waals surface area contributed by atoms with E-state index in [1.54, 1.807) is 6.07 Å². The van der Waals surface area contributed by atoms with Crippen molar-refractivity contribution in [2.45, 2.75) is 32.7 Å². The Hall–Kier alpha value is -2.49. The molecule has 0 spiro atoms. The van der Waals surface area contributed by atoms with Gasteiger partial charge in [0.2, 0.25) is 0 Å². The average Bonchev–Trinajstić information content (AvgIpc) is 2.64. The zero-order valence-electron chi connectivity index (χ0n) is 14.3. The summed E-state index contributed by atoms with van der Waals surface area (Å²) in [5.74, 6) is 1.29. The lowest BCUT2D eigenvalue weighted by atomic mass is 10.1. The Balaban J connectivity index is 1.90. The van der Waals surface area contributed by atoms with Crippen LogP contribution in [0.2, 0.25) is 0 Å². The van der Waals surface area contributed by atoms with Gasteiger partial charge in [-0.05, 0) is 37.1 Å². The molecular formula is C20H25NO3. The highest BCUT2D eigenvalue weighted by Gasteiger charge is 2.14. The van der Waals surface area contributed by atoms with Crippen LogP contribution in [-0.4, -0.2) is 25.2 Å². The van der Waals surface area contributed by atoms with Crippen LogP contribution in [0.1, 0.15) is 37.0 Å². The second kappa shape index (κ2) is 9.60. The van der Waals surface area contributed by atoms with Crippen molar-refractivity contribution >= 4 is 5.91 Å². The van der Waals surface area contributed by atoms with Gasteiger partial charge < -0.3 is 14.8 Å². The van der Waals surface area contributed by atoms with Crippen LogP contribution in [-0.2, 0) is 0 Å². The summed E-state index contributed by atoms with van der Waals surface area (Å²) in [6, 6.07) is 17.1. The van der Waals surface area contributed by atoms with Crippen LogP contribution in [0.25, 0.3) is 0 Å². The molecule has 0 aliphatic rings. The monoisotopic (exact) mass is 327 g/mol. The van der Waals surface area contributed by atoms with E-state index in [0.29, 0.717) is 24.5 Å². The minimum Gasteiger partial charge on any atom is -0.490 e. The maximum atomic E-state index is 12.4. The molecule has 2 rings (SSSR count). The average molecular weight is 327 g/mol. The van der Waals surface area contributed by atoms with Crippen molar-refractivity contribution in [2.24, 2.45) is 0 Å². The van der Waals surface area contributed by atoms with Crippen LogP contribution in [0.3, 0.4) is 0 Å². The highest BCUT2D eigenvalue weighted by molar-refractivity contribution is 5.97. The third-order valence-electron chi connectivity index (χ3n) is 3.81. The van der Waals surface area contributed by atoms with Crippen molar-refractivity contribution in [2.75, 3.05) is 13.2 Å². The second-order valence-corrected chi connectivity index (χ2v) is 5.49. The molecule has 0 saturated heterocycles. The predicted molar refractivity (Wildman–Crippen MR) is 95.7 cm³/mol. The van der Waals surface area contributed by atoms with Crippen molar-refractivity contribution in [3.63, 3.8) is 0 Å². The number of ether oxygens (including phenoxy) is 2. The molecule has 0 unspecified atom stereocenters. The Kier molecular flexibility index (Phi) is 7.15. The molecule has 24 heavy (non-hydrogen) atoms. The van der Waals surface area contributed by atoms with Gasteiger partial charge in [-0.3, -0.25) is 4.79 Å². The molecule has 0 saturated carbocycles. The molecule has 2 aromatic rings. The fourth-order valence-corrected chi connectivity index (χ4v) is 2.36. The minimum atomic E-state index is -0.0942. The van der Waals surface area contributed by atoms with Crippen LogP contribution >= 0.6 is 0 Å². The molecule has 1 N–H and O–H groups in total. The van der Waals surface area contributed by atoms with Gasteiger partial charge in [0.1, 0.15) is 24.7 Å². The van der Waals surface area contributed by atoms with Gasteiger partial charge in [-0.1, -0.05) is 44.2 Å². The summed E-state index contributed by atoms with van der Waals surface area (Å²) in [6.45, 7) is 4.94. The van der Waals surface area contributed by atoms with Crippen LogP contribution in [0, 0.1) is 0 Å². The first-order valence-electron chi connectivity index (χ1n) is 8.45. The standard InChI is InChI=1S/C20H25NO3/c1-3-16(4-2)21-20(22)18-12-8-9-13-19(18)24-15-14-23-17-10-6-5-7-11-17/h5-13,16H,3-4,14-15H2,1-2H3,(H,21,22). The molecule has 0 aliphatic heterocycles. The van der Waals surface area contributed by atoms with Crippen molar-refractivity contribution in [3.05, 3.63) is 60.2 Å². The minimum absolute atomic E-state index is 0.0942. The molecule has 4 nitrogen and oxygen atoms in total. The number of hydrogen-bond acceptors (Lipinski definition) is 3. The molecule has 0 atom stereocenters. The van der Waals surface area contributed by atoms with Gasteiger partial charge in [-0.15, -0.1) is 0 Å². The van der Waals surface area contributed by atoms with E-state index in [1.165, 1.54) is 0 Å². The SMILES string of the molecule is CCC(CC)NC(=O)c1ccccc1OCCOc1ccccc1. The molecule has 0 aliphatic carbocycles. The molecular weight excluding hydrogens is 302 g/mol. The third kappa shape index (κ3) is 5.30. The van der Waals surface area contributed by atoms with Crippen LogP contribution in [0.4, 0.5) is 0 Å². The number of amides is 1.